The zero-order valence-corrected chi connectivity index (χ0v) is 15.6. The summed E-state index contributed by atoms with van der Waals surface area (Å²) in [5.74, 6) is -2.44. The van der Waals surface area contributed by atoms with Crippen molar-refractivity contribution >= 4 is 41.5 Å². The van der Waals surface area contributed by atoms with Gasteiger partial charge in [0.1, 0.15) is 0 Å². The van der Waals surface area contributed by atoms with E-state index in [9.17, 15) is 13.6 Å². The Morgan fingerprint density at radius 3 is 2.38 bits per heavy atom. The number of amides is 1. The summed E-state index contributed by atoms with van der Waals surface area (Å²) in [7, 11) is 0. The van der Waals surface area contributed by atoms with E-state index < -0.39 is 5.76 Å². The van der Waals surface area contributed by atoms with Gasteiger partial charge in [-0.25, -0.2) is 0 Å². The van der Waals surface area contributed by atoms with Gasteiger partial charge in [-0.3, -0.25) is 4.79 Å². The van der Waals surface area contributed by atoms with Crippen LogP contribution < -0.4 is 10.6 Å². The van der Waals surface area contributed by atoms with Gasteiger partial charge in [0.15, 0.2) is 0 Å². The van der Waals surface area contributed by atoms with Crippen LogP contribution in [0.5, 0.6) is 0 Å². The molecule has 3 rings (SSSR count). The lowest BCUT2D eigenvalue weighted by molar-refractivity contribution is 0.0737. The minimum Gasteiger partial charge on any atom is -0.355 e. The third-order valence-electron chi connectivity index (χ3n) is 3.92. The number of rotatable bonds is 5. The molecule has 0 atom stereocenters. The standard InChI is InChI=1S/C18H19F2N3OS.ClH/c19-18(20)25-14-7-5-13(6-8-14)22-16-4-2-1-3-15(16)17(24)23-11-9-21-10-12-23;/h1-8,18,21-22H,9-12H2;1H. The minimum atomic E-state index is -2.43. The third kappa shape index (κ3) is 5.33. The number of thioether (sulfide) groups is 1. The number of nitrogens with zero attached hydrogens (tertiary/aromatic N) is 1. The minimum absolute atomic E-state index is 0. The molecule has 4 nitrogen and oxygen atoms in total. The molecule has 8 heteroatoms. The van der Waals surface area contributed by atoms with Crippen LogP contribution in [0.2, 0.25) is 0 Å². The fourth-order valence-electron chi connectivity index (χ4n) is 2.69. The first kappa shape index (κ1) is 20.5. The first-order valence-corrected chi connectivity index (χ1v) is 8.92. The molecular weight excluding hydrogens is 380 g/mol. The Morgan fingerprint density at radius 1 is 1.08 bits per heavy atom. The molecule has 2 aromatic carbocycles. The van der Waals surface area contributed by atoms with Crippen LogP contribution in [0.1, 0.15) is 10.4 Å². The van der Waals surface area contributed by atoms with Crippen LogP contribution in [0.15, 0.2) is 53.4 Å². The van der Waals surface area contributed by atoms with Crippen molar-refractivity contribution in [2.24, 2.45) is 0 Å². The lowest BCUT2D eigenvalue weighted by atomic mass is 10.1. The Labute approximate surface area is 161 Å². The molecule has 0 aliphatic carbocycles. The molecule has 2 N–H and O–H groups in total. The molecule has 0 unspecified atom stereocenters. The highest BCUT2D eigenvalue weighted by Gasteiger charge is 2.20. The molecular formula is C18H20ClF2N3OS. The fraction of sp³-hybridized carbons (Fsp3) is 0.278. The van der Waals surface area contributed by atoms with Gasteiger partial charge in [0.2, 0.25) is 0 Å². The summed E-state index contributed by atoms with van der Waals surface area (Å²) in [6.45, 7) is 2.97. The van der Waals surface area contributed by atoms with Gasteiger partial charge in [0.25, 0.3) is 11.7 Å². The normalized spacial score (nSPS) is 14.0. The fourth-order valence-corrected chi connectivity index (χ4v) is 3.19. The van der Waals surface area contributed by atoms with E-state index in [2.05, 4.69) is 10.6 Å². The number of hydrogen-bond donors (Lipinski definition) is 2. The van der Waals surface area contributed by atoms with Gasteiger partial charge in [-0.15, -0.1) is 12.4 Å². The second-order valence-electron chi connectivity index (χ2n) is 5.62. The topological polar surface area (TPSA) is 44.4 Å². The Hall–Kier alpha value is -1.83. The van der Waals surface area contributed by atoms with Gasteiger partial charge in [0.05, 0.1) is 11.3 Å². The number of benzene rings is 2. The summed E-state index contributed by atoms with van der Waals surface area (Å²) in [5.41, 5.74) is 2.06. The van der Waals surface area contributed by atoms with Crippen molar-refractivity contribution in [3.8, 4) is 0 Å². The summed E-state index contributed by atoms with van der Waals surface area (Å²) in [4.78, 5) is 15.1. The van der Waals surface area contributed by atoms with Crippen LogP contribution in [0, 0.1) is 0 Å². The smallest absolute Gasteiger partial charge is 0.288 e. The van der Waals surface area contributed by atoms with Crippen LogP contribution >= 0.6 is 24.2 Å². The quantitative estimate of drug-likeness (QED) is 0.739. The Kier molecular flexibility index (Phi) is 7.68. The van der Waals surface area contributed by atoms with E-state index in [1.165, 1.54) is 0 Å². The lowest BCUT2D eigenvalue weighted by Crippen LogP contribution is -2.46. The average Bonchev–Trinajstić information content (AvgIpc) is 2.63. The van der Waals surface area contributed by atoms with Crippen molar-refractivity contribution in [2.75, 3.05) is 31.5 Å². The molecule has 26 heavy (non-hydrogen) atoms. The van der Waals surface area contributed by atoms with Crippen molar-refractivity contribution in [1.29, 1.82) is 0 Å². The van der Waals surface area contributed by atoms with Crippen molar-refractivity contribution in [2.45, 2.75) is 10.7 Å². The summed E-state index contributed by atoms with van der Waals surface area (Å²) in [6.07, 6.45) is 0. The van der Waals surface area contributed by atoms with E-state index in [4.69, 9.17) is 0 Å². The van der Waals surface area contributed by atoms with E-state index in [0.29, 0.717) is 41.0 Å². The first-order valence-electron chi connectivity index (χ1n) is 8.04. The second kappa shape index (κ2) is 9.75. The summed E-state index contributed by atoms with van der Waals surface area (Å²) >= 11 is 0.512. The van der Waals surface area contributed by atoms with Gasteiger partial charge in [-0.1, -0.05) is 23.9 Å². The number of halogens is 3. The second-order valence-corrected chi connectivity index (χ2v) is 6.68. The number of anilines is 2. The Morgan fingerprint density at radius 2 is 1.73 bits per heavy atom. The molecule has 0 bridgehead atoms. The molecule has 0 radical (unpaired) electrons. The van der Waals surface area contributed by atoms with Gasteiger partial charge < -0.3 is 15.5 Å². The molecule has 1 aliphatic heterocycles. The summed E-state index contributed by atoms with van der Waals surface area (Å²) < 4.78 is 24.8. The number of carbonyl (C=O) groups is 1. The van der Waals surface area contributed by atoms with Crippen LogP contribution in [0.25, 0.3) is 0 Å². The first-order chi connectivity index (χ1) is 12.1. The van der Waals surface area contributed by atoms with Gasteiger partial charge >= 0.3 is 0 Å². The number of alkyl halides is 2. The molecule has 1 fully saturated rings. The molecule has 2 aromatic rings. The van der Waals surface area contributed by atoms with Crippen molar-refractivity contribution in [1.82, 2.24) is 10.2 Å². The van der Waals surface area contributed by atoms with E-state index in [0.717, 1.165) is 18.8 Å². The van der Waals surface area contributed by atoms with Crippen molar-refractivity contribution < 1.29 is 13.6 Å². The van der Waals surface area contributed by atoms with Crippen LogP contribution in [0.3, 0.4) is 0 Å². The van der Waals surface area contributed by atoms with Gasteiger partial charge in [0, 0.05) is 36.8 Å². The van der Waals surface area contributed by atoms with Crippen molar-refractivity contribution in [3.05, 3.63) is 54.1 Å². The summed E-state index contributed by atoms with van der Waals surface area (Å²) in [5, 5.41) is 6.44. The maximum absolute atomic E-state index is 12.8. The largest absolute Gasteiger partial charge is 0.355 e. The molecule has 1 amide bonds. The molecule has 0 aromatic heterocycles. The molecule has 0 saturated carbocycles. The Balaban J connectivity index is 0.00000243. The zero-order chi connectivity index (χ0) is 17.6. The van der Waals surface area contributed by atoms with E-state index >= 15 is 0 Å². The van der Waals surface area contributed by atoms with Gasteiger partial charge in [-0.05, 0) is 36.4 Å². The molecule has 1 aliphatic rings. The van der Waals surface area contributed by atoms with Crippen molar-refractivity contribution in [3.63, 3.8) is 0 Å². The Bertz CT molecular complexity index is 725. The number of nitrogens with one attached hydrogen (secondary N) is 2. The molecule has 140 valence electrons. The average molecular weight is 400 g/mol. The molecule has 0 spiro atoms. The van der Waals surface area contributed by atoms with E-state index in [1.54, 1.807) is 30.3 Å². The highest BCUT2D eigenvalue weighted by Crippen LogP contribution is 2.28. The predicted molar refractivity (Wildman–Crippen MR) is 104 cm³/mol. The number of hydrogen-bond acceptors (Lipinski definition) is 4. The zero-order valence-electron chi connectivity index (χ0n) is 14.0. The third-order valence-corrected chi connectivity index (χ3v) is 4.64. The van der Waals surface area contributed by atoms with E-state index in [1.807, 2.05) is 23.1 Å². The van der Waals surface area contributed by atoms with Crippen LogP contribution in [-0.4, -0.2) is 42.7 Å². The van der Waals surface area contributed by atoms with Gasteiger partial charge in [-0.2, -0.15) is 8.78 Å². The number of piperazine rings is 1. The van der Waals surface area contributed by atoms with Crippen LogP contribution in [-0.2, 0) is 0 Å². The number of carbonyl (C=O) groups excluding carboxylic acids is 1. The van der Waals surface area contributed by atoms with Crippen LogP contribution in [0.4, 0.5) is 20.2 Å². The lowest BCUT2D eigenvalue weighted by Gasteiger charge is -2.28. The highest BCUT2D eigenvalue weighted by molar-refractivity contribution is 7.99. The SMILES string of the molecule is Cl.O=C(c1ccccc1Nc1ccc(SC(F)F)cc1)N1CCNCC1. The monoisotopic (exact) mass is 399 g/mol. The predicted octanol–water partition coefficient (Wildman–Crippen LogP) is 4.21. The molecule has 1 heterocycles. The maximum atomic E-state index is 12.8. The number of para-hydroxylation sites is 1. The van der Waals surface area contributed by atoms with E-state index in [-0.39, 0.29) is 18.3 Å². The maximum Gasteiger partial charge on any atom is 0.288 e. The molecule has 1 saturated heterocycles. The summed E-state index contributed by atoms with van der Waals surface area (Å²) in [6, 6.07) is 14.1. The highest BCUT2D eigenvalue weighted by atomic mass is 35.5.